The quantitative estimate of drug-likeness (QED) is 0.830. The van der Waals surface area contributed by atoms with Gasteiger partial charge in [0.05, 0.1) is 18.3 Å². The normalized spacial score (nSPS) is 16.3. The number of hydrogen-bond acceptors (Lipinski definition) is 5. The first kappa shape index (κ1) is 12.8. The third kappa shape index (κ3) is 2.55. The Hall–Kier alpha value is -2.21. The van der Waals surface area contributed by atoms with Crippen LogP contribution in [0.2, 0.25) is 0 Å². The molecule has 0 bridgehead atoms. The van der Waals surface area contributed by atoms with E-state index in [0.717, 1.165) is 12.2 Å². The minimum absolute atomic E-state index is 0.0774. The highest BCUT2D eigenvalue weighted by Crippen LogP contribution is 2.28. The number of para-hydroxylation sites is 1. The van der Waals surface area contributed by atoms with Crippen molar-refractivity contribution in [3.05, 3.63) is 47.7 Å². The van der Waals surface area contributed by atoms with Gasteiger partial charge in [-0.15, -0.1) is 5.10 Å². The van der Waals surface area contributed by atoms with Gasteiger partial charge in [-0.25, -0.2) is 0 Å². The van der Waals surface area contributed by atoms with Crippen molar-refractivity contribution < 1.29 is 4.74 Å². The molecule has 0 radical (unpaired) electrons. The summed E-state index contributed by atoms with van der Waals surface area (Å²) in [5, 5.41) is 11.1. The lowest BCUT2D eigenvalue weighted by Gasteiger charge is -2.13. The van der Waals surface area contributed by atoms with E-state index in [-0.39, 0.29) is 6.10 Å². The predicted octanol–water partition coefficient (Wildman–Crippen LogP) is 1.53. The molecular formula is C14H14N4OS. The van der Waals surface area contributed by atoms with Gasteiger partial charge in [-0.2, -0.15) is 5.10 Å². The van der Waals surface area contributed by atoms with E-state index >= 15 is 0 Å². The predicted molar refractivity (Wildman–Crippen MR) is 81.0 cm³/mol. The van der Waals surface area contributed by atoms with Crippen LogP contribution in [0.5, 0.6) is 5.75 Å². The number of thiocarbonyl (C=S) groups is 1. The number of hydrogen-bond donors (Lipinski definition) is 2. The molecule has 5 nitrogen and oxygen atoms in total. The van der Waals surface area contributed by atoms with Crippen molar-refractivity contribution in [2.24, 2.45) is 5.73 Å². The summed E-state index contributed by atoms with van der Waals surface area (Å²) in [5.74, 6) is 1.55. The highest BCUT2D eigenvalue weighted by atomic mass is 32.1. The molecule has 1 unspecified atom stereocenters. The summed E-state index contributed by atoms with van der Waals surface area (Å²) in [6.45, 7) is 0.628. The minimum Gasteiger partial charge on any atom is -0.488 e. The zero-order chi connectivity index (χ0) is 13.9. The Morgan fingerprint density at radius 3 is 3.05 bits per heavy atom. The fourth-order valence-corrected chi connectivity index (χ4v) is 2.40. The molecule has 3 N–H and O–H groups in total. The van der Waals surface area contributed by atoms with Gasteiger partial charge in [0, 0.05) is 6.42 Å². The second-order valence-electron chi connectivity index (χ2n) is 4.59. The average Bonchev–Trinajstić information content (AvgIpc) is 2.88. The number of nitrogens with zero attached hydrogens (tertiary/aromatic N) is 2. The molecule has 0 fully saturated rings. The lowest BCUT2D eigenvalue weighted by molar-refractivity contribution is 0.246. The maximum atomic E-state index is 5.85. The van der Waals surface area contributed by atoms with Gasteiger partial charge in [0.2, 0.25) is 0 Å². The molecule has 1 aromatic heterocycles. The van der Waals surface area contributed by atoms with E-state index in [1.165, 1.54) is 5.56 Å². The molecule has 1 atom stereocenters. The van der Waals surface area contributed by atoms with E-state index in [9.17, 15) is 0 Å². The number of aromatic nitrogens is 2. The van der Waals surface area contributed by atoms with Crippen LogP contribution < -0.4 is 15.8 Å². The molecule has 1 aliphatic rings. The largest absolute Gasteiger partial charge is 0.488 e. The van der Waals surface area contributed by atoms with Gasteiger partial charge in [-0.05, 0) is 17.7 Å². The lowest BCUT2D eigenvalue weighted by Crippen LogP contribution is -2.26. The first-order chi connectivity index (χ1) is 9.74. The van der Waals surface area contributed by atoms with Gasteiger partial charge in [0.1, 0.15) is 16.8 Å². The van der Waals surface area contributed by atoms with Crippen molar-refractivity contribution in [1.82, 2.24) is 10.2 Å². The van der Waals surface area contributed by atoms with Crippen LogP contribution in [0.25, 0.3) is 0 Å². The smallest absolute Gasteiger partial charge is 0.159 e. The molecule has 0 saturated carbocycles. The van der Waals surface area contributed by atoms with Gasteiger partial charge in [0.25, 0.3) is 0 Å². The topological polar surface area (TPSA) is 73.1 Å². The molecule has 6 heteroatoms. The van der Waals surface area contributed by atoms with Crippen LogP contribution in [0.1, 0.15) is 11.1 Å². The summed E-state index contributed by atoms with van der Waals surface area (Å²) in [6, 6.07) is 9.81. The van der Waals surface area contributed by atoms with Gasteiger partial charge in [-0.1, -0.05) is 30.4 Å². The van der Waals surface area contributed by atoms with Crippen molar-refractivity contribution in [3.8, 4) is 5.75 Å². The zero-order valence-electron chi connectivity index (χ0n) is 10.7. The van der Waals surface area contributed by atoms with Crippen LogP contribution in [0.4, 0.5) is 5.82 Å². The van der Waals surface area contributed by atoms with Crippen LogP contribution >= 0.6 is 12.2 Å². The molecule has 3 rings (SSSR count). The van der Waals surface area contributed by atoms with Gasteiger partial charge in [0.15, 0.2) is 5.82 Å². The summed E-state index contributed by atoms with van der Waals surface area (Å²) in [6.07, 6.45) is 2.53. The Morgan fingerprint density at radius 2 is 2.25 bits per heavy atom. The monoisotopic (exact) mass is 286 g/mol. The molecule has 0 spiro atoms. The van der Waals surface area contributed by atoms with E-state index in [0.29, 0.717) is 22.9 Å². The van der Waals surface area contributed by atoms with Crippen molar-refractivity contribution >= 4 is 23.0 Å². The highest BCUT2D eigenvalue weighted by Gasteiger charge is 2.22. The third-order valence-corrected chi connectivity index (χ3v) is 3.42. The molecule has 1 aromatic carbocycles. The Bertz CT molecular complexity index is 622. The molecular weight excluding hydrogens is 272 g/mol. The van der Waals surface area contributed by atoms with Crippen LogP contribution in [0, 0.1) is 0 Å². The van der Waals surface area contributed by atoms with Crippen molar-refractivity contribution in [1.29, 1.82) is 0 Å². The summed E-state index contributed by atoms with van der Waals surface area (Å²) in [5.41, 5.74) is 7.59. The number of benzene rings is 1. The second kappa shape index (κ2) is 5.42. The Morgan fingerprint density at radius 1 is 1.40 bits per heavy atom. The van der Waals surface area contributed by atoms with Crippen molar-refractivity contribution in [2.75, 3.05) is 11.9 Å². The first-order valence-corrected chi connectivity index (χ1v) is 6.75. The summed E-state index contributed by atoms with van der Waals surface area (Å²) in [7, 11) is 0. The van der Waals surface area contributed by atoms with Crippen molar-refractivity contribution in [2.45, 2.75) is 12.5 Å². The molecule has 2 aromatic rings. The van der Waals surface area contributed by atoms with Gasteiger partial charge in [-0.3, -0.25) is 0 Å². The van der Waals surface area contributed by atoms with Crippen LogP contribution in [-0.2, 0) is 6.42 Å². The van der Waals surface area contributed by atoms with Crippen molar-refractivity contribution in [3.63, 3.8) is 0 Å². The maximum absolute atomic E-state index is 5.85. The third-order valence-electron chi connectivity index (χ3n) is 3.20. The van der Waals surface area contributed by atoms with E-state index in [4.69, 9.17) is 22.7 Å². The van der Waals surface area contributed by atoms with E-state index in [1.54, 1.807) is 12.3 Å². The standard InChI is InChI=1S/C14H14N4OS/c15-13(20)11-5-6-17-18-14(11)16-8-10-7-9-3-1-2-4-12(9)19-10/h1-6,10H,7-8H2,(H2,15,20)(H,16,18). The number of fused-ring (bicyclic) bond motifs is 1. The summed E-state index contributed by atoms with van der Waals surface area (Å²) >= 11 is 4.99. The Labute approximate surface area is 122 Å². The lowest BCUT2D eigenvalue weighted by atomic mass is 10.1. The van der Waals surface area contributed by atoms with Crippen LogP contribution in [-0.4, -0.2) is 27.8 Å². The van der Waals surface area contributed by atoms with Gasteiger partial charge >= 0.3 is 0 Å². The molecule has 2 heterocycles. The molecule has 0 aliphatic carbocycles. The number of nitrogens with two attached hydrogens (primary N) is 1. The zero-order valence-corrected chi connectivity index (χ0v) is 11.6. The maximum Gasteiger partial charge on any atom is 0.159 e. The Balaban J connectivity index is 1.66. The van der Waals surface area contributed by atoms with E-state index < -0.39 is 0 Å². The van der Waals surface area contributed by atoms with E-state index in [1.807, 2.05) is 18.2 Å². The molecule has 0 amide bonds. The molecule has 1 aliphatic heterocycles. The number of rotatable bonds is 4. The Kier molecular flexibility index (Phi) is 3.47. The first-order valence-electron chi connectivity index (χ1n) is 6.34. The number of ether oxygens (including phenoxy) is 1. The number of nitrogens with one attached hydrogen (secondary N) is 1. The highest BCUT2D eigenvalue weighted by molar-refractivity contribution is 7.80. The SMILES string of the molecule is NC(=S)c1ccnnc1NCC1Cc2ccccc2O1. The number of anilines is 1. The fraction of sp³-hybridized carbons (Fsp3) is 0.214. The molecule has 102 valence electrons. The second-order valence-corrected chi connectivity index (χ2v) is 5.03. The summed E-state index contributed by atoms with van der Waals surface area (Å²) in [4.78, 5) is 0.304. The molecule has 0 saturated heterocycles. The summed E-state index contributed by atoms with van der Waals surface area (Å²) < 4.78 is 5.85. The average molecular weight is 286 g/mol. The van der Waals surface area contributed by atoms with Crippen LogP contribution in [0.15, 0.2) is 36.5 Å². The fourth-order valence-electron chi connectivity index (χ4n) is 2.24. The van der Waals surface area contributed by atoms with Gasteiger partial charge < -0.3 is 15.8 Å². The molecule has 20 heavy (non-hydrogen) atoms. The van der Waals surface area contributed by atoms with Crippen LogP contribution in [0.3, 0.4) is 0 Å². The minimum atomic E-state index is 0.0774. The van der Waals surface area contributed by atoms with E-state index in [2.05, 4.69) is 21.6 Å².